The second-order valence-electron chi connectivity index (χ2n) is 15.5. The lowest BCUT2D eigenvalue weighted by molar-refractivity contribution is -0.311. The van der Waals surface area contributed by atoms with Crippen LogP contribution in [0.3, 0.4) is 0 Å². The summed E-state index contributed by atoms with van der Waals surface area (Å²) in [4.78, 5) is 26.3. The largest absolute Gasteiger partial charge is 0.459 e. The van der Waals surface area contributed by atoms with E-state index >= 15 is 0 Å². The molecule has 2 saturated heterocycles. The van der Waals surface area contributed by atoms with Crippen molar-refractivity contribution in [1.29, 1.82) is 0 Å². The van der Waals surface area contributed by atoms with Gasteiger partial charge in [0.25, 0.3) is 0 Å². The number of fused-ring (bicyclic) bond motifs is 4. The molecule has 5 heteroatoms. The first-order valence-electron chi connectivity index (χ1n) is 14.2. The molecule has 4 saturated carbocycles. The number of carbonyl (C=O) groups is 2. The molecule has 1 N–H and O–H groups in total. The maximum atomic E-state index is 13.7. The minimum Gasteiger partial charge on any atom is -0.459 e. The summed E-state index contributed by atoms with van der Waals surface area (Å²) in [6.45, 7) is 16.0. The van der Waals surface area contributed by atoms with E-state index in [1.54, 1.807) is 0 Å². The smallest absolute Gasteiger partial charge is 0.313 e. The third-order valence-electron chi connectivity index (χ3n) is 13.4. The van der Waals surface area contributed by atoms with E-state index in [1.807, 2.05) is 0 Å². The number of aliphatic hydroxyl groups excluding tert-OH is 1. The molecule has 6 aliphatic rings. The fraction of sp³-hybridized carbons (Fsp3) is 0.933. The van der Waals surface area contributed by atoms with Gasteiger partial charge < -0.3 is 14.6 Å². The molecular weight excluding hydrogens is 440 g/mol. The Morgan fingerprint density at radius 3 is 2.20 bits per heavy atom. The van der Waals surface area contributed by atoms with Crippen molar-refractivity contribution in [3.8, 4) is 0 Å². The summed E-state index contributed by atoms with van der Waals surface area (Å²) in [6, 6.07) is 0. The molecule has 2 heterocycles. The summed E-state index contributed by atoms with van der Waals surface area (Å²) >= 11 is 0. The summed E-state index contributed by atoms with van der Waals surface area (Å²) in [7, 11) is 0. The molecule has 6 rings (SSSR count). The number of hydrogen-bond acceptors (Lipinski definition) is 5. The molecule has 0 aromatic rings. The third-order valence-corrected chi connectivity index (χ3v) is 13.4. The van der Waals surface area contributed by atoms with Gasteiger partial charge in [-0.15, -0.1) is 0 Å². The van der Waals surface area contributed by atoms with Crippen molar-refractivity contribution in [3.05, 3.63) is 0 Å². The molecule has 196 valence electrons. The van der Waals surface area contributed by atoms with Gasteiger partial charge in [0.1, 0.15) is 11.2 Å². The fourth-order valence-electron chi connectivity index (χ4n) is 11.5. The van der Waals surface area contributed by atoms with Crippen molar-refractivity contribution in [1.82, 2.24) is 0 Å². The Morgan fingerprint density at radius 1 is 0.800 bits per heavy atom. The first-order chi connectivity index (χ1) is 16.1. The van der Waals surface area contributed by atoms with Gasteiger partial charge in [0.05, 0.1) is 11.5 Å². The lowest BCUT2D eigenvalue weighted by Gasteiger charge is -2.73. The van der Waals surface area contributed by atoms with Gasteiger partial charge in [-0.25, -0.2) is 0 Å². The molecule has 0 aromatic carbocycles. The number of ether oxygens (including phenoxy) is 2. The Bertz CT molecular complexity index is 985. The molecule has 2 bridgehead atoms. The van der Waals surface area contributed by atoms with Gasteiger partial charge in [0.15, 0.2) is 0 Å². The van der Waals surface area contributed by atoms with Gasteiger partial charge >= 0.3 is 11.9 Å². The van der Waals surface area contributed by atoms with Gasteiger partial charge in [0, 0.05) is 23.7 Å². The van der Waals surface area contributed by atoms with E-state index in [1.165, 1.54) is 0 Å². The third kappa shape index (κ3) is 2.60. The van der Waals surface area contributed by atoms with Crippen molar-refractivity contribution in [3.63, 3.8) is 0 Å². The van der Waals surface area contributed by atoms with Crippen LogP contribution in [0.5, 0.6) is 0 Å². The minimum absolute atomic E-state index is 0.0303. The first-order valence-corrected chi connectivity index (χ1v) is 14.2. The summed E-state index contributed by atoms with van der Waals surface area (Å²) in [5.41, 5.74) is -2.08. The quantitative estimate of drug-likeness (QED) is 0.437. The van der Waals surface area contributed by atoms with Crippen LogP contribution >= 0.6 is 0 Å². The van der Waals surface area contributed by atoms with E-state index in [0.29, 0.717) is 12.8 Å². The Hall–Kier alpha value is -1.10. The van der Waals surface area contributed by atoms with Gasteiger partial charge in [-0.05, 0) is 93.8 Å². The molecule has 0 aromatic heterocycles. The maximum absolute atomic E-state index is 13.7. The van der Waals surface area contributed by atoms with Crippen LogP contribution in [0.15, 0.2) is 0 Å². The highest BCUT2D eigenvalue weighted by Gasteiger charge is 2.83. The molecule has 4 aliphatic carbocycles. The van der Waals surface area contributed by atoms with Crippen LogP contribution in [-0.2, 0) is 19.1 Å². The predicted molar refractivity (Wildman–Crippen MR) is 132 cm³/mol. The Balaban J connectivity index is 1.50. The van der Waals surface area contributed by atoms with Crippen LogP contribution in [0.2, 0.25) is 0 Å². The van der Waals surface area contributed by atoms with Crippen LogP contribution in [0.25, 0.3) is 0 Å². The van der Waals surface area contributed by atoms with E-state index in [4.69, 9.17) is 9.47 Å². The Morgan fingerprint density at radius 2 is 1.49 bits per heavy atom. The van der Waals surface area contributed by atoms with Crippen molar-refractivity contribution in [2.24, 2.45) is 44.8 Å². The molecule has 2 aliphatic heterocycles. The Labute approximate surface area is 211 Å². The highest BCUT2D eigenvalue weighted by molar-refractivity contribution is 5.82. The molecular formula is C30H46O5. The fourth-order valence-corrected chi connectivity index (χ4v) is 11.5. The van der Waals surface area contributed by atoms with E-state index in [-0.39, 0.29) is 51.4 Å². The number of esters is 2. The molecule has 35 heavy (non-hydrogen) atoms. The number of hydrogen-bond donors (Lipinski definition) is 1. The zero-order valence-electron chi connectivity index (χ0n) is 23.0. The highest BCUT2D eigenvalue weighted by Crippen LogP contribution is 2.80. The Kier molecular flexibility index (Phi) is 4.61. The maximum Gasteiger partial charge on any atom is 0.313 e. The average molecular weight is 487 g/mol. The molecule has 9 atom stereocenters. The zero-order valence-corrected chi connectivity index (χ0v) is 23.0. The van der Waals surface area contributed by atoms with Crippen LogP contribution in [0, 0.1) is 44.8 Å². The van der Waals surface area contributed by atoms with E-state index in [0.717, 1.165) is 51.4 Å². The molecule has 1 spiro atoms. The van der Waals surface area contributed by atoms with Gasteiger partial charge in [-0.2, -0.15) is 0 Å². The number of cyclic esters (lactones) is 1. The first kappa shape index (κ1) is 24.2. The van der Waals surface area contributed by atoms with Crippen molar-refractivity contribution < 1.29 is 24.2 Å². The zero-order chi connectivity index (χ0) is 25.4. The number of rotatable bonds is 0. The summed E-state index contributed by atoms with van der Waals surface area (Å²) in [5.74, 6) is 0.461. The minimum atomic E-state index is -0.805. The van der Waals surface area contributed by atoms with Crippen molar-refractivity contribution in [2.45, 2.75) is 130 Å². The lowest BCUT2D eigenvalue weighted by Crippen LogP contribution is -2.75. The molecule has 6 fully saturated rings. The van der Waals surface area contributed by atoms with E-state index in [2.05, 4.69) is 48.5 Å². The van der Waals surface area contributed by atoms with Crippen molar-refractivity contribution in [2.75, 3.05) is 0 Å². The summed E-state index contributed by atoms with van der Waals surface area (Å²) in [5, 5.41) is 12.2. The van der Waals surface area contributed by atoms with Crippen LogP contribution in [0.4, 0.5) is 0 Å². The lowest BCUT2D eigenvalue weighted by atomic mass is 9.31. The second-order valence-corrected chi connectivity index (χ2v) is 15.5. The SMILES string of the molecule is CC1(C)CC[C@@]23CC[C@]4(C)[C@@](OC2=O)([C@@H]3C1)[C@@H](O)C[C@@H]1[C@@]2(C)CCC(=O)OC(C)(C)[C@@H]2CC[C@]14C. The molecule has 5 nitrogen and oxygen atoms in total. The van der Waals surface area contributed by atoms with Gasteiger partial charge in [-0.1, -0.05) is 34.6 Å². The second kappa shape index (κ2) is 6.66. The van der Waals surface area contributed by atoms with Gasteiger partial charge in [-0.3, -0.25) is 9.59 Å². The summed E-state index contributed by atoms with van der Waals surface area (Å²) < 4.78 is 12.6. The predicted octanol–water partition coefficient (Wildman–Crippen LogP) is 5.81. The molecule has 0 radical (unpaired) electrons. The van der Waals surface area contributed by atoms with Crippen molar-refractivity contribution >= 4 is 11.9 Å². The van der Waals surface area contributed by atoms with Crippen LogP contribution in [0.1, 0.15) is 113 Å². The molecule has 0 unspecified atom stereocenters. The van der Waals surface area contributed by atoms with E-state index < -0.39 is 22.7 Å². The van der Waals surface area contributed by atoms with E-state index in [9.17, 15) is 14.7 Å². The van der Waals surface area contributed by atoms with Gasteiger partial charge in [0.2, 0.25) is 0 Å². The molecule has 0 amide bonds. The monoisotopic (exact) mass is 486 g/mol. The number of carbonyl (C=O) groups excluding carboxylic acids is 2. The summed E-state index contributed by atoms with van der Waals surface area (Å²) in [6.07, 6.45) is 7.93. The normalized spacial score (nSPS) is 55.9. The topological polar surface area (TPSA) is 72.8 Å². The van der Waals surface area contributed by atoms with Crippen LogP contribution < -0.4 is 0 Å². The standard InChI is InChI=1S/C30H46O5/c1-24(2)12-14-29-15-13-28(7)27(6)11-8-18-25(3,4)34-22(32)9-10-26(18,5)19(27)16-21(31)30(28,20(29)17-24)35-23(29)33/h18-21,31H,8-17H2,1-7H3/t18-,19+,20+,21-,26-,27+,28-,29-,30+/m0/s1. The van der Waals surface area contributed by atoms with Crippen LogP contribution in [-0.4, -0.2) is 34.4 Å². The highest BCUT2D eigenvalue weighted by atomic mass is 16.6. The number of aliphatic hydroxyl groups is 1. The average Bonchev–Trinajstić information content (AvgIpc) is 2.87.